The van der Waals surface area contributed by atoms with Crippen LogP contribution < -0.4 is 0 Å². The molecule has 0 saturated heterocycles. The van der Waals surface area contributed by atoms with Crippen LogP contribution in [-0.2, 0) is 27.2 Å². The maximum atomic E-state index is 13.0. The summed E-state index contributed by atoms with van der Waals surface area (Å²) in [6, 6.07) is 0.0156. The van der Waals surface area contributed by atoms with Gasteiger partial charge in [0, 0.05) is 6.54 Å². The molecule has 0 aliphatic rings. The minimum atomic E-state index is -5.21. The molecule has 4 nitrogen and oxygen atoms in total. The van der Waals surface area contributed by atoms with E-state index < -0.39 is 48.6 Å². The number of halogens is 7. The lowest BCUT2D eigenvalue weighted by atomic mass is 10.1. The highest BCUT2D eigenvalue weighted by Gasteiger charge is 2.41. The predicted molar refractivity (Wildman–Crippen MR) is 93.3 cm³/mol. The minimum absolute atomic E-state index is 0.0953. The van der Waals surface area contributed by atoms with Crippen molar-refractivity contribution >= 4 is 31.9 Å². The van der Waals surface area contributed by atoms with Gasteiger partial charge in [0.15, 0.2) is 0 Å². The van der Waals surface area contributed by atoms with E-state index in [1.165, 1.54) is 13.8 Å². The van der Waals surface area contributed by atoms with Gasteiger partial charge in [0.2, 0.25) is 0 Å². The Morgan fingerprint density at radius 3 is 1.75 bits per heavy atom. The van der Waals surface area contributed by atoms with Gasteiger partial charge in [0.25, 0.3) is 15.9 Å². The quantitative estimate of drug-likeness (QED) is 0.400. The molecular weight excluding hydrogens is 480 g/mol. The van der Waals surface area contributed by atoms with Gasteiger partial charge in [-0.2, -0.15) is 26.3 Å². The molecule has 1 aromatic rings. The van der Waals surface area contributed by atoms with Crippen LogP contribution in [0.3, 0.4) is 0 Å². The normalized spacial score (nSPS) is 13.5. The topological polar surface area (TPSA) is 54.5 Å². The number of hydrogen-bond donors (Lipinski definition) is 0. The Labute approximate surface area is 167 Å². The molecule has 0 radical (unpaired) electrons. The second kappa shape index (κ2) is 8.21. The Morgan fingerprint density at radius 1 is 1.00 bits per heavy atom. The van der Waals surface area contributed by atoms with E-state index in [4.69, 9.17) is 0 Å². The summed E-state index contributed by atoms with van der Waals surface area (Å²) in [5, 5.41) is 0. The maximum absolute atomic E-state index is 13.0. The molecule has 0 atom stereocenters. The number of benzene rings is 1. The molecule has 0 saturated carbocycles. The molecule has 28 heavy (non-hydrogen) atoms. The van der Waals surface area contributed by atoms with Gasteiger partial charge in [0.05, 0.1) is 20.3 Å². The zero-order valence-electron chi connectivity index (χ0n) is 15.1. The molecule has 12 heteroatoms. The van der Waals surface area contributed by atoms with Crippen molar-refractivity contribution < 1.29 is 39.6 Å². The number of sulfonamides is 1. The Hall–Kier alpha value is -1.30. The third kappa shape index (κ3) is 5.85. The van der Waals surface area contributed by atoms with Crippen molar-refractivity contribution in [3.8, 4) is 0 Å². The van der Waals surface area contributed by atoms with Crippen molar-refractivity contribution in [1.82, 2.24) is 4.31 Å². The number of rotatable bonds is 6. The maximum Gasteiger partial charge on any atom is 0.416 e. The van der Waals surface area contributed by atoms with E-state index in [-0.39, 0.29) is 31.2 Å². The molecule has 0 aliphatic heterocycles. The van der Waals surface area contributed by atoms with E-state index in [2.05, 4.69) is 15.9 Å². The average molecular weight is 498 g/mol. The van der Waals surface area contributed by atoms with Crippen LogP contribution >= 0.6 is 15.9 Å². The first-order valence-corrected chi connectivity index (χ1v) is 10.2. The second-order valence-electron chi connectivity index (χ2n) is 6.45. The summed E-state index contributed by atoms with van der Waals surface area (Å²) in [6.45, 7) is 3.93. The van der Waals surface area contributed by atoms with Crippen LogP contribution in [0.4, 0.5) is 26.3 Å². The molecule has 0 aliphatic carbocycles. The summed E-state index contributed by atoms with van der Waals surface area (Å²) in [6.07, 6.45) is -9.80. The third-order valence-electron chi connectivity index (χ3n) is 3.60. The summed E-state index contributed by atoms with van der Waals surface area (Å²) in [5.74, 6) is -1.01. The van der Waals surface area contributed by atoms with Crippen molar-refractivity contribution in [3.05, 3.63) is 29.3 Å². The van der Waals surface area contributed by atoms with E-state index in [9.17, 15) is 39.6 Å². The first kappa shape index (κ1) is 24.7. The van der Waals surface area contributed by atoms with E-state index >= 15 is 0 Å². The lowest BCUT2D eigenvalue weighted by molar-refractivity contribution is -0.143. The molecule has 0 bridgehead atoms. The van der Waals surface area contributed by atoms with Crippen LogP contribution in [0.5, 0.6) is 0 Å². The second-order valence-corrected chi connectivity index (χ2v) is 10.3. The largest absolute Gasteiger partial charge is 0.416 e. The molecule has 160 valence electrons. The molecule has 1 amide bonds. The number of hydrogen-bond acceptors (Lipinski definition) is 3. The highest BCUT2D eigenvalue weighted by molar-refractivity contribution is 9.10. The van der Waals surface area contributed by atoms with Gasteiger partial charge < -0.3 is 0 Å². The van der Waals surface area contributed by atoms with Crippen molar-refractivity contribution in [2.24, 2.45) is 0 Å². The fourth-order valence-corrected chi connectivity index (χ4v) is 4.09. The molecular formula is C16H18BrF6NO3S. The fraction of sp³-hybridized carbons (Fsp3) is 0.562. The fourth-order valence-electron chi connectivity index (χ4n) is 2.13. The zero-order valence-corrected chi connectivity index (χ0v) is 17.5. The Kier molecular flexibility index (Phi) is 7.25. The Morgan fingerprint density at radius 2 is 1.43 bits per heavy atom. The summed E-state index contributed by atoms with van der Waals surface area (Å²) < 4.78 is 103. The highest BCUT2D eigenvalue weighted by Crippen LogP contribution is 2.38. The summed E-state index contributed by atoms with van der Waals surface area (Å²) >= 11 is 2.98. The SMILES string of the molecule is CCCCN(C(=O)C(C)(C)Br)S(=O)(=O)c1cc(C(F)(F)F)cc(C(F)(F)F)c1. The van der Waals surface area contributed by atoms with Crippen LogP contribution in [0.25, 0.3) is 0 Å². The molecule has 0 fully saturated rings. The van der Waals surface area contributed by atoms with Gasteiger partial charge in [-0.25, -0.2) is 12.7 Å². The number of amides is 1. The van der Waals surface area contributed by atoms with E-state index in [0.29, 0.717) is 10.7 Å². The van der Waals surface area contributed by atoms with E-state index in [1.807, 2.05) is 0 Å². The van der Waals surface area contributed by atoms with Gasteiger partial charge in [-0.05, 0) is 38.5 Å². The Bertz CT molecular complexity index is 796. The smallest absolute Gasteiger partial charge is 0.272 e. The standard InChI is InChI=1S/C16H18BrF6NO3S/c1-4-5-6-24(13(25)14(2,3)17)28(26,27)12-8-10(15(18,19)20)7-11(9-12)16(21,22)23/h7-9H,4-6H2,1-3H3. The van der Waals surface area contributed by atoms with Crippen molar-refractivity contribution in [3.63, 3.8) is 0 Å². The van der Waals surface area contributed by atoms with Crippen LogP contribution in [0.2, 0.25) is 0 Å². The molecule has 0 unspecified atom stereocenters. The molecule has 0 spiro atoms. The van der Waals surface area contributed by atoms with Gasteiger partial charge in [-0.3, -0.25) is 4.79 Å². The van der Waals surface area contributed by atoms with Gasteiger partial charge in [-0.1, -0.05) is 29.3 Å². The summed E-state index contributed by atoms with van der Waals surface area (Å²) in [4.78, 5) is 11.3. The average Bonchev–Trinajstić information content (AvgIpc) is 2.51. The van der Waals surface area contributed by atoms with Crippen molar-refractivity contribution in [2.75, 3.05) is 6.54 Å². The zero-order chi connectivity index (χ0) is 22.1. The first-order valence-electron chi connectivity index (χ1n) is 7.98. The molecule has 1 aromatic carbocycles. The van der Waals surface area contributed by atoms with Crippen LogP contribution in [0.1, 0.15) is 44.7 Å². The highest BCUT2D eigenvalue weighted by atomic mass is 79.9. The number of carbonyl (C=O) groups is 1. The predicted octanol–water partition coefficient (Wildman–Crippen LogP) is 5.22. The van der Waals surface area contributed by atoms with E-state index in [0.717, 1.165) is 0 Å². The van der Waals surface area contributed by atoms with Crippen LogP contribution in [-0.4, -0.2) is 29.5 Å². The molecule has 0 N–H and O–H groups in total. The van der Waals surface area contributed by atoms with Crippen LogP contribution in [0, 0.1) is 0 Å². The number of unbranched alkanes of at least 4 members (excludes halogenated alkanes) is 1. The molecule has 0 aromatic heterocycles. The molecule has 0 heterocycles. The van der Waals surface area contributed by atoms with Gasteiger partial charge in [-0.15, -0.1) is 0 Å². The van der Waals surface area contributed by atoms with Crippen LogP contribution in [0.15, 0.2) is 23.1 Å². The summed E-state index contributed by atoms with van der Waals surface area (Å²) in [7, 11) is -4.97. The third-order valence-corrected chi connectivity index (χ3v) is 5.70. The van der Waals surface area contributed by atoms with E-state index in [1.54, 1.807) is 6.92 Å². The lowest BCUT2D eigenvalue weighted by Crippen LogP contribution is -2.45. The summed E-state index contributed by atoms with van der Waals surface area (Å²) in [5.41, 5.74) is -3.55. The van der Waals surface area contributed by atoms with Crippen molar-refractivity contribution in [2.45, 2.75) is 55.2 Å². The number of nitrogens with zero attached hydrogens (tertiary/aromatic N) is 1. The monoisotopic (exact) mass is 497 g/mol. The minimum Gasteiger partial charge on any atom is -0.272 e. The van der Waals surface area contributed by atoms with Crippen molar-refractivity contribution in [1.29, 1.82) is 0 Å². The lowest BCUT2D eigenvalue weighted by Gasteiger charge is -2.28. The van der Waals surface area contributed by atoms with Gasteiger partial charge >= 0.3 is 12.4 Å². The first-order chi connectivity index (χ1) is 12.4. The molecule has 1 rings (SSSR count). The van der Waals surface area contributed by atoms with Gasteiger partial charge in [0.1, 0.15) is 0 Å². The Balaban J connectivity index is 3.70. The number of carbonyl (C=O) groups excluding carboxylic acids is 1. The number of alkyl halides is 7.